The van der Waals surface area contributed by atoms with E-state index in [1.54, 1.807) is 0 Å². The molecule has 0 aromatic carbocycles. The Kier molecular flexibility index (Phi) is 3.10. The molecule has 0 unspecified atom stereocenters. The molecule has 2 N–H and O–H groups in total. The molecule has 0 aromatic heterocycles. The van der Waals surface area contributed by atoms with Crippen molar-refractivity contribution in [3.8, 4) is 0 Å². The highest BCUT2D eigenvalue weighted by Crippen LogP contribution is 1.83. The van der Waals surface area contributed by atoms with Crippen molar-refractivity contribution < 1.29 is 19.1 Å². The number of primary amides is 1. The van der Waals surface area contributed by atoms with Gasteiger partial charge in [-0.1, -0.05) is 0 Å². The average molecular weight is 145 g/mol. The highest BCUT2D eigenvalue weighted by atomic mass is 16.5. The van der Waals surface area contributed by atoms with Crippen molar-refractivity contribution in [3.63, 3.8) is 0 Å². The SMILES string of the molecule is COC(=O)C(=O)CC(N)=O. The van der Waals surface area contributed by atoms with Crippen LogP contribution >= 0.6 is 0 Å². The highest BCUT2D eigenvalue weighted by molar-refractivity contribution is 6.36. The van der Waals surface area contributed by atoms with Gasteiger partial charge < -0.3 is 10.5 Å². The normalized spacial score (nSPS) is 8.50. The topological polar surface area (TPSA) is 86.5 Å². The van der Waals surface area contributed by atoms with Crippen molar-refractivity contribution in [1.82, 2.24) is 0 Å². The molecule has 0 aliphatic heterocycles. The molecular weight excluding hydrogens is 138 g/mol. The van der Waals surface area contributed by atoms with Gasteiger partial charge in [0.1, 0.15) is 0 Å². The van der Waals surface area contributed by atoms with Crippen LogP contribution in [0.4, 0.5) is 0 Å². The van der Waals surface area contributed by atoms with Crippen molar-refractivity contribution in [2.75, 3.05) is 7.11 Å². The van der Waals surface area contributed by atoms with Crippen molar-refractivity contribution in [3.05, 3.63) is 0 Å². The number of Topliss-reactive ketones (excluding diaryl/α,β-unsaturated/α-hetero) is 1. The van der Waals surface area contributed by atoms with Crippen molar-refractivity contribution in [2.45, 2.75) is 6.42 Å². The van der Waals surface area contributed by atoms with Crippen LogP contribution in [0.2, 0.25) is 0 Å². The Morgan fingerprint density at radius 1 is 1.40 bits per heavy atom. The summed E-state index contributed by atoms with van der Waals surface area (Å²) in [6, 6.07) is 0. The Hall–Kier alpha value is -1.39. The van der Waals surface area contributed by atoms with Gasteiger partial charge >= 0.3 is 5.97 Å². The summed E-state index contributed by atoms with van der Waals surface area (Å²) < 4.78 is 4.02. The molecule has 0 aliphatic rings. The van der Waals surface area contributed by atoms with Gasteiger partial charge in [0.2, 0.25) is 11.7 Å². The Labute approximate surface area is 57.1 Å². The minimum absolute atomic E-state index is 0.591. The first-order valence-corrected chi connectivity index (χ1v) is 2.47. The number of amides is 1. The van der Waals surface area contributed by atoms with Gasteiger partial charge in [0.25, 0.3) is 0 Å². The summed E-state index contributed by atoms with van der Waals surface area (Å²) in [6.45, 7) is 0. The number of ether oxygens (including phenoxy) is 1. The van der Waals surface area contributed by atoms with Crippen molar-refractivity contribution >= 4 is 17.7 Å². The number of nitrogens with two attached hydrogens (primary N) is 1. The summed E-state index contributed by atoms with van der Waals surface area (Å²) in [5, 5.41) is 0. The largest absolute Gasteiger partial charge is 0.463 e. The van der Waals surface area contributed by atoms with Crippen LogP contribution in [-0.2, 0) is 19.1 Å². The van der Waals surface area contributed by atoms with Crippen LogP contribution in [0.25, 0.3) is 0 Å². The predicted molar refractivity (Wildman–Crippen MR) is 30.8 cm³/mol. The maximum absolute atomic E-state index is 10.4. The summed E-state index contributed by atoms with van der Waals surface area (Å²) in [6.07, 6.45) is -0.591. The molecular formula is C5H7NO4. The van der Waals surface area contributed by atoms with Gasteiger partial charge in [0, 0.05) is 0 Å². The van der Waals surface area contributed by atoms with E-state index in [2.05, 4.69) is 10.5 Å². The standard InChI is InChI=1S/C5H7NO4/c1-10-5(9)3(7)2-4(6)8/h2H2,1H3,(H2,6,8). The van der Waals surface area contributed by atoms with Crippen molar-refractivity contribution in [2.24, 2.45) is 5.73 Å². The Morgan fingerprint density at radius 3 is 2.20 bits per heavy atom. The van der Waals surface area contributed by atoms with E-state index in [0.29, 0.717) is 0 Å². The minimum atomic E-state index is -1.04. The maximum Gasteiger partial charge on any atom is 0.374 e. The van der Waals surface area contributed by atoms with E-state index in [4.69, 9.17) is 0 Å². The van der Waals surface area contributed by atoms with Gasteiger partial charge in [-0.2, -0.15) is 0 Å². The molecule has 0 aliphatic carbocycles. The van der Waals surface area contributed by atoms with E-state index < -0.39 is 24.1 Å². The molecule has 5 heteroatoms. The van der Waals surface area contributed by atoms with Crippen LogP contribution in [-0.4, -0.2) is 24.8 Å². The predicted octanol–water partition coefficient (Wildman–Crippen LogP) is -1.40. The molecule has 0 aromatic rings. The second-order valence-electron chi connectivity index (χ2n) is 1.56. The van der Waals surface area contributed by atoms with Gasteiger partial charge in [-0.25, -0.2) is 4.79 Å². The number of rotatable bonds is 3. The second kappa shape index (κ2) is 3.60. The number of hydrogen-bond acceptors (Lipinski definition) is 4. The number of esters is 1. The Balaban J connectivity index is 3.86. The quantitative estimate of drug-likeness (QED) is 0.300. The zero-order valence-corrected chi connectivity index (χ0v) is 5.42. The Morgan fingerprint density at radius 2 is 1.90 bits per heavy atom. The third-order valence-electron chi connectivity index (χ3n) is 0.748. The number of carbonyl (C=O) groups is 3. The van der Waals surface area contributed by atoms with E-state index in [9.17, 15) is 14.4 Å². The van der Waals surface area contributed by atoms with Crippen LogP contribution in [0.3, 0.4) is 0 Å². The molecule has 0 radical (unpaired) electrons. The molecule has 5 nitrogen and oxygen atoms in total. The van der Waals surface area contributed by atoms with Gasteiger partial charge in [-0.05, 0) is 0 Å². The maximum atomic E-state index is 10.4. The van der Waals surface area contributed by atoms with Crippen molar-refractivity contribution in [1.29, 1.82) is 0 Å². The molecule has 0 spiro atoms. The number of methoxy groups -OCH3 is 1. The number of hydrogen-bond donors (Lipinski definition) is 1. The minimum Gasteiger partial charge on any atom is -0.463 e. The summed E-state index contributed by atoms with van der Waals surface area (Å²) in [7, 11) is 1.06. The molecule has 0 atom stereocenters. The van der Waals surface area contributed by atoms with Gasteiger partial charge in [0.05, 0.1) is 13.5 Å². The first-order chi connectivity index (χ1) is 4.57. The van der Waals surface area contributed by atoms with Crippen LogP contribution in [0.15, 0.2) is 0 Å². The van der Waals surface area contributed by atoms with E-state index in [1.165, 1.54) is 0 Å². The second-order valence-corrected chi connectivity index (χ2v) is 1.56. The van der Waals surface area contributed by atoms with Crippen LogP contribution in [0.5, 0.6) is 0 Å². The lowest BCUT2D eigenvalue weighted by atomic mass is 10.3. The first kappa shape index (κ1) is 8.61. The monoisotopic (exact) mass is 145 g/mol. The van der Waals surface area contributed by atoms with Crippen LogP contribution in [0, 0.1) is 0 Å². The lowest BCUT2D eigenvalue weighted by molar-refractivity contribution is -0.152. The molecule has 0 heterocycles. The van der Waals surface area contributed by atoms with Gasteiger partial charge in [0.15, 0.2) is 0 Å². The summed E-state index contributed by atoms with van der Waals surface area (Å²) in [5.41, 5.74) is 4.62. The zero-order chi connectivity index (χ0) is 8.15. The van der Waals surface area contributed by atoms with E-state index in [0.717, 1.165) is 7.11 Å². The summed E-state index contributed by atoms with van der Waals surface area (Å²) in [4.78, 5) is 30.7. The number of ketones is 1. The molecule has 1 amide bonds. The summed E-state index contributed by atoms with van der Waals surface area (Å²) >= 11 is 0. The lowest BCUT2D eigenvalue weighted by Crippen LogP contribution is -2.23. The van der Waals surface area contributed by atoms with Gasteiger partial charge in [-0.3, -0.25) is 9.59 Å². The summed E-state index contributed by atoms with van der Waals surface area (Å²) in [5.74, 6) is -2.80. The molecule has 0 fully saturated rings. The fourth-order valence-corrected chi connectivity index (χ4v) is 0.344. The van der Waals surface area contributed by atoms with Crippen LogP contribution in [0.1, 0.15) is 6.42 Å². The molecule has 0 saturated carbocycles. The zero-order valence-electron chi connectivity index (χ0n) is 5.42. The number of carbonyl (C=O) groups excluding carboxylic acids is 3. The highest BCUT2D eigenvalue weighted by Gasteiger charge is 2.15. The van der Waals surface area contributed by atoms with E-state index in [1.807, 2.05) is 0 Å². The average Bonchev–Trinajstić information content (AvgIpc) is 1.85. The smallest absolute Gasteiger partial charge is 0.374 e. The van der Waals surface area contributed by atoms with Crippen LogP contribution < -0.4 is 5.73 Å². The van der Waals surface area contributed by atoms with Gasteiger partial charge in [-0.15, -0.1) is 0 Å². The van der Waals surface area contributed by atoms with E-state index in [-0.39, 0.29) is 0 Å². The Bertz CT molecular complexity index is 174. The molecule has 0 rings (SSSR count). The lowest BCUT2D eigenvalue weighted by Gasteiger charge is -1.93. The fraction of sp³-hybridized carbons (Fsp3) is 0.400. The first-order valence-electron chi connectivity index (χ1n) is 2.47. The molecule has 56 valence electrons. The third kappa shape index (κ3) is 2.81. The van der Waals surface area contributed by atoms with E-state index >= 15 is 0 Å². The molecule has 10 heavy (non-hydrogen) atoms. The molecule has 0 bridgehead atoms. The fourth-order valence-electron chi connectivity index (χ4n) is 0.344. The third-order valence-corrected chi connectivity index (χ3v) is 0.748. The molecule has 0 saturated heterocycles.